The van der Waals surface area contributed by atoms with Gasteiger partial charge < -0.3 is 42.2 Å². The van der Waals surface area contributed by atoms with Crippen LogP contribution in [-0.2, 0) is 67.4 Å². The molecular formula is C40H68Na2O19S. The molecule has 0 heterocycles. The third-order valence-electron chi connectivity index (χ3n) is 9.48. The maximum atomic E-state index is 12.5. The molecule has 3 atom stereocenters. The molecule has 0 amide bonds. The van der Waals surface area contributed by atoms with Crippen molar-refractivity contribution in [1.82, 2.24) is 0 Å². The van der Waals surface area contributed by atoms with Crippen LogP contribution < -0.4 is 59.1 Å². The number of hydrogen-bond donors (Lipinski definition) is 5. The number of carboxylic acid groups (broad SMARTS) is 2. The predicted molar refractivity (Wildman–Crippen MR) is 214 cm³/mol. The molecule has 0 aromatic carbocycles. The fourth-order valence-electron chi connectivity index (χ4n) is 5.92. The summed E-state index contributed by atoms with van der Waals surface area (Å²) in [5.41, 5.74) is -6.33. The van der Waals surface area contributed by atoms with Crippen molar-refractivity contribution in [3.8, 4) is 0 Å². The van der Waals surface area contributed by atoms with Gasteiger partial charge in [-0.15, -0.1) is 0 Å². The first-order chi connectivity index (χ1) is 28.2. The summed E-state index contributed by atoms with van der Waals surface area (Å²) in [5, 5.41) is 36.9. The Morgan fingerprint density at radius 2 is 0.774 bits per heavy atom. The number of aliphatic carboxylic acids is 2. The smallest absolute Gasteiger partial charge is 1.00 e. The molecule has 22 heteroatoms. The van der Waals surface area contributed by atoms with Crippen molar-refractivity contribution in [2.75, 3.05) is 13.2 Å². The van der Waals surface area contributed by atoms with Crippen LogP contribution in [0.1, 0.15) is 177 Å². The molecule has 3 unspecified atom stereocenters. The standard InChI is InChI=1S/C40H66O19S.2Na.2H/c1-3-5-7-9-11-13-15-17-19-21-23-56-32(42)26-39(51,37(47)48)28-34(44)58-31(41)25-30(60(53,54)55)36(46)59-35(45)29-40(52,38(49)50)27-33(43)57-24-22-20-18-16-14-12-10-8-6-4-2;;;;/h30,51-52H,3-29H2,1-2H3,(H,47,48)(H,49,50)(H,53,54,55);;;;/q;2*+1;2*-1. The van der Waals surface area contributed by atoms with Crippen LogP contribution in [0.3, 0.4) is 0 Å². The zero-order valence-electron chi connectivity index (χ0n) is 39.0. The second-order valence-electron chi connectivity index (χ2n) is 15.0. The van der Waals surface area contributed by atoms with Crippen molar-refractivity contribution in [2.45, 2.75) is 191 Å². The molecule has 0 aromatic rings. The molecule has 5 N–H and O–H groups in total. The van der Waals surface area contributed by atoms with Crippen LogP contribution in [-0.4, -0.2) is 111 Å². The fourth-order valence-corrected chi connectivity index (χ4v) is 6.55. The summed E-state index contributed by atoms with van der Waals surface area (Å²) in [6.45, 7) is 4.08. The number of unbranched alkanes of at least 4 members (excludes halogenated alkanes) is 18. The van der Waals surface area contributed by atoms with Gasteiger partial charge in [-0.25, -0.2) is 9.59 Å². The second kappa shape index (κ2) is 36.2. The number of carboxylic acids is 2. The Morgan fingerprint density at radius 3 is 1.08 bits per heavy atom. The van der Waals surface area contributed by atoms with E-state index in [-0.39, 0.29) is 75.2 Å². The Kier molecular flexibility index (Phi) is 37.6. The van der Waals surface area contributed by atoms with E-state index in [1.54, 1.807) is 0 Å². The van der Waals surface area contributed by atoms with E-state index < -0.39 is 106 Å². The number of esters is 6. The first-order valence-corrected chi connectivity index (χ1v) is 22.4. The summed E-state index contributed by atoms with van der Waals surface area (Å²) < 4.78 is 51.7. The number of hydrogen-bond acceptors (Lipinski definition) is 16. The van der Waals surface area contributed by atoms with Crippen molar-refractivity contribution in [3.63, 3.8) is 0 Å². The van der Waals surface area contributed by atoms with Gasteiger partial charge >= 0.3 is 107 Å². The monoisotopic (exact) mass is 930 g/mol. The van der Waals surface area contributed by atoms with Crippen molar-refractivity contribution in [2.24, 2.45) is 0 Å². The third kappa shape index (κ3) is 31.0. The minimum Gasteiger partial charge on any atom is -1.00 e. The molecule has 0 saturated carbocycles. The van der Waals surface area contributed by atoms with Crippen LogP contribution in [0.25, 0.3) is 0 Å². The van der Waals surface area contributed by atoms with E-state index in [0.29, 0.717) is 12.8 Å². The van der Waals surface area contributed by atoms with Gasteiger partial charge in [0.1, 0.15) is 0 Å². The Hall–Kier alpha value is -2.01. The van der Waals surface area contributed by atoms with Crippen molar-refractivity contribution in [1.29, 1.82) is 0 Å². The number of carbonyl (C=O) groups excluding carboxylic acids is 6. The zero-order chi connectivity index (χ0) is 45.6. The first kappa shape index (κ1) is 64.3. The predicted octanol–water partition coefficient (Wildman–Crippen LogP) is -0.874. The van der Waals surface area contributed by atoms with Gasteiger partial charge in [0.25, 0.3) is 10.1 Å². The molecule has 0 bridgehead atoms. The van der Waals surface area contributed by atoms with Crippen LogP contribution in [0.4, 0.5) is 0 Å². The van der Waals surface area contributed by atoms with Crippen LogP contribution in [0.15, 0.2) is 0 Å². The Balaban J connectivity index is -0.00000290. The summed E-state index contributed by atoms with van der Waals surface area (Å²) in [5.74, 6) is -14.4. The van der Waals surface area contributed by atoms with Gasteiger partial charge in [0.05, 0.1) is 45.3 Å². The number of aliphatic hydroxyl groups is 2. The van der Waals surface area contributed by atoms with Crippen LogP contribution >= 0.6 is 0 Å². The Labute approximate surface area is 411 Å². The second-order valence-corrected chi connectivity index (χ2v) is 16.6. The van der Waals surface area contributed by atoms with E-state index in [9.17, 15) is 71.8 Å². The zero-order valence-corrected chi connectivity index (χ0v) is 41.8. The largest absolute Gasteiger partial charge is 1.00 e. The molecule has 0 aromatic heterocycles. The topological polar surface area (TPSA) is 309 Å². The van der Waals surface area contributed by atoms with Gasteiger partial charge in [-0.2, -0.15) is 8.42 Å². The molecule has 0 fully saturated rings. The molecule has 0 spiro atoms. The van der Waals surface area contributed by atoms with Gasteiger partial charge in [0.15, 0.2) is 16.5 Å². The first-order valence-electron chi connectivity index (χ1n) is 20.9. The number of rotatable bonds is 36. The fraction of sp³-hybridized carbons (Fsp3) is 0.800. The van der Waals surface area contributed by atoms with Gasteiger partial charge in [0, 0.05) is 0 Å². The van der Waals surface area contributed by atoms with E-state index in [4.69, 9.17) is 9.47 Å². The quantitative estimate of drug-likeness (QED) is 0.0127. The van der Waals surface area contributed by atoms with Crippen LogP contribution in [0.2, 0.25) is 0 Å². The van der Waals surface area contributed by atoms with Gasteiger partial charge in [-0.3, -0.25) is 33.3 Å². The van der Waals surface area contributed by atoms with Crippen molar-refractivity contribution < 1.29 is 153 Å². The molecule has 0 saturated heterocycles. The Bertz CT molecular complexity index is 1500. The summed E-state index contributed by atoms with van der Waals surface area (Å²) in [4.78, 5) is 97.6. The summed E-state index contributed by atoms with van der Waals surface area (Å²) in [6.07, 6.45) is 12.6. The summed E-state index contributed by atoms with van der Waals surface area (Å²) in [6, 6.07) is 0. The molecule has 0 aliphatic carbocycles. The molecule has 0 radical (unpaired) electrons. The molecule has 0 aliphatic heterocycles. The Morgan fingerprint density at radius 1 is 0.484 bits per heavy atom. The van der Waals surface area contributed by atoms with Crippen molar-refractivity contribution in [3.05, 3.63) is 0 Å². The maximum absolute atomic E-state index is 12.5. The molecule has 0 rings (SSSR count). The third-order valence-corrected chi connectivity index (χ3v) is 10.6. The number of carbonyl (C=O) groups is 8. The van der Waals surface area contributed by atoms with Gasteiger partial charge in [0.2, 0.25) is 0 Å². The molecule has 19 nitrogen and oxygen atoms in total. The average Bonchev–Trinajstić information content (AvgIpc) is 3.14. The van der Waals surface area contributed by atoms with Crippen LogP contribution in [0, 0.1) is 0 Å². The van der Waals surface area contributed by atoms with Gasteiger partial charge in [-0.1, -0.05) is 129 Å². The minimum atomic E-state index is -5.63. The summed E-state index contributed by atoms with van der Waals surface area (Å²) >= 11 is 0. The van der Waals surface area contributed by atoms with E-state index in [1.165, 1.54) is 38.5 Å². The molecule has 62 heavy (non-hydrogen) atoms. The summed E-state index contributed by atoms with van der Waals surface area (Å²) in [7, 11) is -5.63. The van der Waals surface area contributed by atoms with Gasteiger partial charge in [-0.05, 0) is 12.8 Å². The molecule has 350 valence electrons. The molecular weight excluding hydrogens is 862 g/mol. The van der Waals surface area contributed by atoms with Crippen molar-refractivity contribution >= 4 is 57.9 Å². The molecule has 0 aliphatic rings. The maximum Gasteiger partial charge on any atom is 1.00 e. The van der Waals surface area contributed by atoms with E-state index in [0.717, 1.165) is 77.0 Å². The van der Waals surface area contributed by atoms with E-state index >= 15 is 0 Å². The SMILES string of the molecule is CCCCCCCCCCCCOC(=O)CC(O)(CC(=O)OC(=O)CC(C(=O)OC(=O)CC(O)(CC(=O)OCCCCCCCCCCCC)C(=O)O)S(=O)(=O)O)C(=O)O.[H-].[H-].[Na+].[Na+]. The minimum absolute atomic E-state index is 0. The van der Waals surface area contributed by atoms with E-state index in [1.807, 2.05) is 0 Å². The van der Waals surface area contributed by atoms with Crippen LogP contribution in [0.5, 0.6) is 0 Å². The normalized spacial score (nSPS) is 13.4. The number of ether oxygens (including phenoxy) is 4. The van der Waals surface area contributed by atoms with E-state index in [2.05, 4.69) is 23.3 Å². The average molecular weight is 931 g/mol.